The first-order valence-electron chi connectivity index (χ1n) is 33.3. The van der Waals surface area contributed by atoms with Crippen molar-refractivity contribution in [2.45, 2.75) is 143 Å². The van der Waals surface area contributed by atoms with Crippen LogP contribution in [0.15, 0.2) is 149 Å². The number of aromatic hydroxyl groups is 1. The summed E-state index contributed by atoms with van der Waals surface area (Å²) in [5.74, 6) is 27.2. The smallest absolute Gasteiger partial charge is 0.327 e. The Hall–Kier alpha value is -11.4. The zero-order chi connectivity index (χ0) is 82.1. The van der Waals surface area contributed by atoms with Crippen molar-refractivity contribution in [3.05, 3.63) is 162 Å². The fourth-order valence-electron chi connectivity index (χ4n) is 8.54. The summed E-state index contributed by atoms with van der Waals surface area (Å²) in [6, 6.07) is 34.7. The molecule has 2 aliphatic rings. The maximum absolute atomic E-state index is 12.3. The summed E-state index contributed by atoms with van der Waals surface area (Å²) in [5, 5.41) is 45.2. The molecule has 0 amide bonds. The maximum atomic E-state index is 12.3. The molecule has 0 aromatic heterocycles. The number of phenolic OH excluding ortho intramolecular Hbond substituents is 1. The molecule has 111 heavy (non-hydrogen) atoms. The highest BCUT2D eigenvalue weighted by Gasteiger charge is 2.49. The molecule has 5 aromatic carbocycles. The summed E-state index contributed by atoms with van der Waals surface area (Å²) in [6.07, 6.45) is 6.69. The molecular formula is C82H103N3O23S3. The molecule has 5 aromatic rings. The standard InChI is InChI=1S/C20H25NO6S.C18H21NO6S.C11H11NO2.C11H10O2.C9H16O4S.C7H6O2.C4H6O.2CH4/c1-5-7-12-26-16-10-8-15(9-11-16)18-13-17(27-21-18)14-20(3,28(4,23)24)19(22)25-6-2;1-4-5-10-24-14-8-6-13(7-9-14)16-11-15(25-19-16)12-18(2,17(20)21)26(3,22)23;1-2-3-8-14-11-6-4-10(5-7-11)9-12-13;1-2-3-8-13-11-6-4-10(9-12)5-7-11;1-5-7-9(3,14(4,11)12)8(10)13-6-2;8-5-6-1-3-7(9)4-2-6;1-2-3-4-5;;/h8-11,17H,6,12-14H2,1-4H3;6-9,15H,10-12H2,1-3H3,(H,20,21);4-7,9,13H,8H2,1H3;4-7,9H,8H2,1H3;5H,1,6-7H2,2-4H3;1-5,9H;5H,4H2,1H3;2*1H4/b;;12-9+;;;;;;. The summed E-state index contributed by atoms with van der Waals surface area (Å²) in [6.45, 7) is 21.0. The van der Waals surface area contributed by atoms with E-state index in [4.69, 9.17) is 53.5 Å². The highest BCUT2D eigenvalue weighted by molar-refractivity contribution is 7.93. The molecule has 2 aliphatic heterocycles. The Balaban J connectivity index is 0. The Morgan fingerprint density at radius 3 is 1.10 bits per heavy atom. The first-order valence-corrected chi connectivity index (χ1v) is 38.9. The van der Waals surface area contributed by atoms with E-state index in [9.17, 15) is 54.3 Å². The van der Waals surface area contributed by atoms with Crippen LogP contribution in [0.5, 0.6) is 28.7 Å². The Bertz CT molecular complexity index is 4530. The monoisotopic (exact) mass is 1590 g/mol. The third kappa shape index (κ3) is 36.6. The van der Waals surface area contributed by atoms with Crippen LogP contribution in [0, 0.1) is 59.2 Å². The van der Waals surface area contributed by atoms with Gasteiger partial charge in [-0.2, -0.15) is 0 Å². The van der Waals surface area contributed by atoms with Crippen LogP contribution in [0.3, 0.4) is 0 Å². The number of aliphatic carboxylic acids is 1. The largest absolute Gasteiger partial charge is 0.508 e. The Labute approximate surface area is 654 Å². The molecule has 29 heteroatoms. The minimum Gasteiger partial charge on any atom is -0.508 e. The number of benzene rings is 5. The number of oxime groups is 3. The predicted octanol–water partition coefficient (Wildman–Crippen LogP) is 11.4. The summed E-state index contributed by atoms with van der Waals surface area (Å²) in [5.41, 5.74) is 5.01. The van der Waals surface area contributed by atoms with Crippen molar-refractivity contribution >= 4 is 77.6 Å². The van der Waals surface area contributed by atoms with E-state index in [0.29, 0.717) is 73.3 Å². The minimum atomic E-state index is -3.81. The number of esters is 2. The molecule has 0 saturated carbocycles. The number of hydrogen-bond acceptors (Lipinski definition) is 25. The van der Waals surface area contributed by atoms with Crippen LogP contribution in [-0.2, 0) is 63.0 Å². The van der Waals surface area contributed by atoms with Crippen LogP contribution in [0.2, 0.25) is 0 Å². The Morgan fingerprint density at radius 2 is 0.829 bits per heavy atom. The van der Waals surface area contributed by atoms with Crippen molar-refractivity contribution < 1.29 is 108 Å². The van der Waals surface area contributed by atoms with Crippen molar-refractivity contribution in [2.24, 2.45) is 15.5 Å². The number of ether oxygens (including phenoxy) is 6. The number of nitrogens with zero attached hydrogens (tertiary/aromatic N) is 3. The van der Waals surface area contributed by atoms with Gasteiger partial charge in [-0.3, -0.25) is 24.0 Å². The number of hydrogen-bond donors (Lipinski definition) is 4. The molecule has 4 N–H and O–H groups in total. The third-order valence-corrected chi connectivity index (χ3v) is 21.2. The first-order chi connectivity index (χ1) is 51.6. The van der Waals surface area contributed by atoms with Gasteiger partial charge < -0.3 is 58.6 Å². The van der Waals surface area contributed by atoms with Gasteiger partial charge in [0.05, 0.1) is 30.9 Å². The van der Waals surface area contributed by atoms with Gasteiger partial charge in [0.1, 0.15) is 86.6 Å². The number of allylic oxidation sites excluding steroid dienone is 1. The number of aldehydes is 2. The molecule has 0 radical (unpaired) electrons. The zero-order valence-corrected chi connectivity index (χ0v) is 65.8. The molecule has 0 aliphatic carbocycles. The normalized spacial score (nSPS) is 14.1. The van der Waals surface area contributed by atoms with Gasteiger partial charge >= 0.3 is 17.9 Å². The van der Waals surface area contributed by atoms with Crippen molar-refractivity contribution in [1.29, 1.82) is 0 Å². The van der Waals surface area contributed by atoms with Crippen LogP contribution in [0.4, 0.5) is 0 Å². The average Bonchev–Trinajstić information content (AvgIpc) is 1.79. The van der Waals surface area contributed by atoms with Crippen molar-refractivity contribution in [3.63, 3.8) is 0 Å². The minimum absolute atomic E-state index is 0. The number of aliphatic hydroxyl groups excluding tert-OH is 1. The number of carboxylic acids is 1. The predicted molar refractivity (Wildman–Crippen MR) is 431 cm³/mol. The van der Waals surface area contributed by atoms with Crippen LogP contribution in [0.25, 0.3) is 0 Å². The fourth-order valence-corrected chi connectivity index (χ4v) is 11.0. The van der Waals surface area contributed by atoms with Crippen LogP contribution < -0.4 is 18.9 Å². The number of carboxylic acid groups (broad SMARTS) is 1. The molecular weight excluding hydrogens is 1490 g/mol. The molecule has 26 nitrogen and oxygen atoms in total. The Morgan fingerprint density at radius 1 is 0.523 bits per heavy atom. The Kier molecular flexibility index (Phi) is 48.9. The average molecular weight is 1590 g/mol. The highest BCUT2D eigenvalue weighted by Crippen LogP contribution is 2.33. The van der Waals surface area contributed by atoms with Gasteiger partial charge in [0.2, 0.25) is 0 Å². The molecule has 0 fully saturated rings. The summed E-state index contributed by atoms with van der Waals surface area (Å²) >= 11 is 0. The number of aliphatic hydroxyl groups is 1. The molecule has 7 rings (SSSR count). The molecule has 0 saturated heterocycles. The van der Waals surface area contributed by atoms with Crippen molar-refractivity contribution in [3.8, 4) is 88.0 Å². The van der Waals surface area contributed by atoms with E-state index in [1.807, 2.05) is 36.4 Å². The number of sulfone groups is 3. The van der Waals surface area contributed by atoms with E-state index >= 15 is 0 Å². The lowest BCUT2D eigenvalue weighted by Crippen LogP contribution is -2.47. The summed E-state index contributed by atoms with van der Waals surface area (Å²) in [4.78, 5) is 66.2. The third-order valence-electron chi connectivity index (χ3n) is 15.3. The second-order valence-corrected chi connectivity index (χ2v) is 30.6. The lowest BCUT2D eigenvalue weighted by Gasteiger charge is -2.27. The number of phenols is 1. The van der Waals surface area contributed by atoms with E-state index in [1.165, 1.54) is 45.2 Å². The van der Waals surface area contributed by atoms with E-state index in [2.05, 4.69) is 81.3 Å². The molecule has 602 valence electrons. The summed E-state index contributed by atoms with van der Waals surface area (Å²) in [7, 11) is -11.0. The zero-order valence-electron chi connectivity index (χ0n) is 63.3. The van der Waals surface area contributed by atoms with Gasteiger partial charge in [0, 0.05) is 55.6 Å². The van der Waals surface area contributed by atoms with Crippen LogP contribution in [0.1, 0.15) is 154 Å². The van der Waals surface area contributed by atoms with Gasteiger partial charge in [-0.1, -0.05) is 66.0 Å². The number of carbonyl (C=O) groups excluding carboxylic acids is 4. The van der Waals surface area contributed by atoms with Crippen molar-refractivity contribution in [1.82, 2.24) is 0 Å². The van der Waals surface area contributed by atoms with E-state index in [1.54, 1.807) is 121 Å². The van der Waals surface area contributed by atoms with Crippen LogP contribution in [-0.4, -0.2) is 185 Å². The summed E-state index contributed by atoms with van der Waals surface area (Å²) < 4.78 is 97.1. The molecule has 0 bridgehead atoms. The first kappa shape index (κ1) is 102. The van der Waals surface area contributed by atoms with Gasteiger partial charge in [-0.05, 0) is 214 Å². The number of carbonyl (C=O) groups is 5. The fraction of sp³-hybridized carbons (Fsp3) is 0.390. The highest BCUT2D eigenvalue weighted by atomic mass is 32.2. The van der Waals surface area contributed by atoms with Gasteiger partial charge in [0.25, 0.3) is 0 Å². The topological polar surface area (TPSA) is 380 Å². The van der Waals surface area contributed by atoms with Crippen molar-refractivity contribution in [2.75, 3.05) is 65.0 Å². The maximum Gasteiger partial charge on any atom is 0.327 e. The van der Waals surface area contributed by atoms with E-state index in [-0.39, 0.29) is 59.7 Å². The lowest BCUT2D eigenvalue weighted by molar-refractivity contribution is -0.147. The van der Waals surface area contributed by atoms with Crippen LogP contribution >= 0.6 is 0 Å². The number of rotatable bonds is 27. The van der Waals surface area contributed by atoms with E-state index < -0.39 is 73.9 Å². The second-order valence-electron chi connectivity index (χ2n) is 23.3. The van der Waals surface area contributed by atoms with Gasteiger partial charge in [-0.15, -0.1) is 36.2 Å². The molecule has 5 atom stereocenters. The molecule has 0 spiro atoms. The molecule has 2 heterocycles. The van der Waals surface area contributed by atoms with Gasteiger partial charge in [0.15, 0.2) is 43.8 Å². The lowest BCUT2D eigenvalue weighted by atomic mass is 9.97. The quantitative estimate of drug-likeness (QED) is 0.00721. The van der Waals surface area contributed by atoms with E-state index in [0.717, 1.165) is 59.5 Å². The SMILES string of the molecule is C.C.C=CCC(C)(C(=O)OCC)S(C)(=O)=O.CC#CCO.CC#CCOc1ccc(/C=N/O)cc1.CC#CCOc1ccc(C2=NOC(CC(C)(C(=O)O)S(C)(=O)=O)C2)cc1.CC#CCOc1ccc(C2=NOC(CC(C)(C(=O)OCC)S(C)(=O)=O)C2)cc1.CC#CCOc1ccc(C=O)cc1.O=Cc1ccc(O)cc1. The second kappa shape index (κ2) is 53.4. The molecule has 5 unspecified atom stereocenters. The van der Waals surface area contributed by atoms with Gasteiger partial charge in [-0.25, -0.2) is 25.3 Å².